The molecule has 1 aliphatic carbocycles. The van der Waals surface area contributed by atoms with Gasteiger partial charge in [-0.3, -0.25) is 0 Å². The Morgan fingerprint density at radius 2 is 1.76 bits per heavy atom. The molecule has 2 bridgehead atoms. The van der Waals surface area contributed by atoms with Gasteiger partial charge in [-0.15, -0.1) is 0 Å². The normalized spacial score (nSPS) is 37.1. The van der Waals surface area contributed by atoms with E-state index >= 15 is 0 Å². The van der Waals surface area contributed by atoms with E-state index in [9.17, 15) is 4.79 Å². The van der Waals surface area contributed by atoms with E-state index in [0.29, 0.717) is 11.8 Å². The number of likely N-dealkylation sites (tertiary alicyclic amines) is 1. The van der Waals surface area contributed by atoms with Crippen LogP contribution in [0.2, 0.25) is 0 Å². The fourth-order valence-corrected chi connectivity index (χ4v) is 3.02. The zero-order valence-corrected chi connectivity index (χ0v) is 11.3. The highest BCUT2D eigenvalue weighted by Gasteiger charge is 2.49. The Morgan fingerprint density at radius 3 is 2.18 bits per heavy atom. The molecule has 2 atom stereocenters. The molecule has 1 heterocycles. The van der Waals surface area contributed by atoms with Crippen LogP contribution in [-0.2, 0) is 4.74 Å². The predicted molar refractivity (Wildman–Crippen MR) is 66.6 cm³/mol. The topological polar surface area (TPSA) is 55.6 Å². The molecule has 1 aliphatic heterocycles. The van der Waals surface area contributed by atoms with Crippen molar-refractivity contribution in [2.45, 2.75) is 51.7 Å². The van der Waals surface area contributed by atoms with E-state index in [1.54, 1.807) is 0 Å². The average Bonchev–Trinajstić information content (AvgIpc) is 2.37. The molecule has 98 valence electrons. The first-order valence-electron chi connectivity index (χ1n) is 6.47. The van der Waals surface area contributed by atoms with Gasteiger partial charge in [0.15, 0.2) is 0 Å². The Morgan fingerprint density at radius 1 is 1.29 bits per heavy atom. The van der Waals surface area contributed by atoms with E-state index in [0.717, 1.165) is 25.9 Å². The monoisotopic (exact) mass is 240 g/mol. The van der Waals surface area contributed by atoms with Crippen LogP contribution in [0.3, 0.4) is 0 Å². The Balaban J connectivity index is 2.01. The minimum Gasteiger partial charge on any atom is -0.444 e. The van der Waals surface area contributed by atoms with Crippen LogP contribution in [-0.4, -0.2) is 35.2 Å². The van der Waals surface area contributed by atoms with Gasteiger partial charge < -0.3 is 15.4 Å². The summed E-state index contributed by atoms with van der Waals surface area (Å²) in [6, 6.07) is 0. The van der Waals surface area contributed by atoms with Crippen LogP contribution in [0, 0.1) is 11.8 Å². The molecule has 0 radical (unpaired) electrons. The number of fused-ring (bicyclic) bond motifs is 2. The molecule has 0 aromatic heterocycles. The summed E-state index contributed by atoms with van der Waals surface area (Å²) in [5, 5.41) is 0. The van der Waals surface area contributed by atoms with Crippen molar-refractivity contribution in [3.8, 4) is 0 Å². The van der Waals surface area contributed by atoms with Crippen molar-refractivity contribution >= 4 is 6.09 Å². The van der Waals surface area contributed by atoms with Gasteiger partial charge in [0.2, 0.25) is 0 Å². The number of nitrogens with two attached hydrogens (primary N) is 1. The maximum absolute atomic E-state index is 12.0. The summed E-state index contributed by atoms with van der Waals surface area (Å²) in [5.74, 6) is 0.850. The summed E-state index contributed by atoms with van der Waals surface area (Å²) in [5.41, 5.74) is 5.82. The molecule has 17 heavy (non-hydrogen) atoms. The summed E-state index contributed by atoms with van der Waals surface area (Å²) in [6.07, 6.45) is 2.08. The van der Waals surface area contributed by atoms with Crippen molar-refractivity contribution < 1.29 is 9.53 Å². The van der Waals surface area contributed by atoms with E-state index in [-0.39, 0.29) is 11.6 Å². The summed E-state index contributed by atoms with van der Waals surface area (Å²) in [7, 11) is 0. The van der Waals surface area contributed by atoms with Crippen molar-refractivity contribution in [3.05, 3.63) is 0 Å². The van der Waals surface area contributed by atoms with Crippen molar-refractivity contribution in [2.75, 3.05) is 13.1 Å². The smallest absolute Gasteiger partial charge is 0.410 e. The lowest BCUT2D eigenvalue weighted by Gasteiger charge is -2.43. The van der Waals surface area contributed by atoms with Crippen LogP contribution in [0.1, 0.15) is 40.5 Å². The Labute approximate surface area is 103 Å². The van der Waals surface area contributed by atoms with Gasteiger partial charge in [-0.25, -0.2) is 4.79 Å². The number of carbonyl (C=O) groups is 1. The number of carbonyl (C=O) groups excluding carboxylic acids is 1. The van der Waals surface area contributed by atoms with Gasteiger partial charge in [-0.05, 0) is 52.4 Å². The second kappa shape index (κ2) is 3.87. The first-order valence-corrected chi connectivity index (χ1v) is 6.47. The zero-order valence-electron chi connectivity index (χ0n) is 11.3. The molecular weight excluding hydrogens is 216 g/mol. The molecule has 1 saturated heterocycles. The van der Waals surface area contributed by atoms with Gasteiger partial charge >= 0.3 is 6.09 Å². The SMILES string of the molecule is CC(C)(C)OC(=O)N1CC2CCC(C1)C2(C)N. The fraction of sp³-hybridized carbons (Fsp3) is 0.923. The molecule has 2 N–H and O–H groups in total. The van der Waals surface area contributed by atoms with Gasteiger partial charge in [0.1, 0.15) is 5.60 Å². The van der Waals surface area contributed by atoms with Gasteiger partial charge in [0.05, 0.1) is 0 Å². The molecule has 2 unspecified atom stereocenters. The zero-order chi connectivity index (χ0) is 12.8. The van der Waals surface area contributed by atoms with Crippen molar-refractivity contribution in [1.29, 1.82) is 0 Å². The number of amides is 1. The van der Waals surface area contributed by atoms with Gasteiger partial charge in [0.25, 0.3) is 0 Å². The third-order valence-corrected chi connectivity index (χ3v) is 4.16. The molecule has 1 saturated carbocycles. The fourth-order valence-electron chi connectivity index (χ4n) is 3.02. The van der Waals surface area contributed by atoms with Crippen LogP contribution in [0.5, 0.6) is 0 Å². The van der Waals surface area contributed by atoms with Crippen molar-refractivity contribution in [3.63, 3.8) is 0 Å². The number of ether oxygens (including phenoxy) is 1. The number of hydrogen-bond acceptors (Lipinski definition) is 3. The minimum atomic E-state index is -0.417. The van der Waals surface area contributed by atoms with E-state index in [1.807, 2.05) is 25.7 Å². The molecule has 1 amide bonds. The summed E-state index contributed by atoms with van der Waals surface area (Å²) in [4.78, 5) is 13.8. The molecule has 0 spiro atoms. The maximum atomic E-state index is 12.0. The number of nitrogens with zero attached hydrogens (tertiary/aromatic N) is 1. The van der Waals surface area contributed by atoms with Crippen LogP contribution in [0.4, 0.5) is 4.79 Å². The lowest BCUT2D eigenvalue weighted by atomic mass is 9.80. The van der Waals surface area contributed by atoms with E-state index in [4.69, 9.17) is 10.5 Å². The van der Waals surface area contributed by atoms with Gasteiger partial charge in [0, 0.05) is 18.6 Å². The Bertz CT molecular complexity index is 304. The van der Waals surface area contributed by atoms with Gasteiger partial charge in [-0.1, -0.05) is 0 Å². The van der Waals surface area contributed by atoms with Crippen molar-refractivity contribution in [1.82, 2.24) is 4.90 Å². The standard InChI is InChI=1S/C13H24N2O2/c1-12(2,3)17-11(16)15-7-9-5-6-10(8-15)13(9,4)14/h9-10H,5-8,14H2,1-4H3. The molecular formula is C13H24N2O2. The number of piperidine rings is 1. The van der Waals surface area contributed by atoms with E-state index in [2.05, 4.69) is 6.92 Å². The molecule has 4 heteroatoms. The molecule has 0 aromatic carbocycles. The largest absolute Gasteiger partial charge is 0.444 e. The highest BCUT2D eigenvalue weighted by atomic mass is 16.6. The average molecular weight is 240 g/mol. The minimum absolute atomic E-state index is 0.0987. The number of hydrogen-bond donors (Lipinski definition) is 1. The first-order chi connectivity index (χ1) is 7.70. The molecule has 0 aromatic rings. The first kappa shape index (κ1) is 12.7. The van der Waals surface area contributed by atoms with E-state index < -0.39 is 5.60 Å². The maximum Gasteiger partial charge on any atom is 0.410 e. The lowest BCUT2D eigenvalue weighted by molar-refractivity contribution is 0.00599. The Hall–Kier alpha value is -0.770. The van der Waals surface area contributed by atoms with Crippen LogP contribution < -0.4 is 5.73 Å². The van der Waals surface area contributed by atoms with Crippen LogP contribution in [0.15, 0.2) is 0 Å². The second-order valence-electron chi connectivity index (χ2n) is 6.72. The quantitative estimate of drug-likeness (QED) is 0.704. The Kier molecular flexibility index (Phi) is 2.89. The summed E-state index contributed by atoms with van der Waals surface area (Å²) in [6.45, 7) is 9.32. The summed E-state index contributed by atoms with van der Waals surface area (Å²) < 4.78 is 5.42. The van der Waals surface area contributed by atoms with Crippen LogP contribution in [0.25, 0.3) is 0 Å². The predicted octanol–water partition coefficient (Wildman–Crippen LogP) is 1.98. The van der Waals surface area contributed by atoms with E-state index in [1.165, 1.54) is 0 Å². The van der Waals surface area contributed by atoms with Crippen LogP contribution >= 0.6 is 0 Å². The molecule has 2 rings (SSSR count). The van der Waals surface area contributed by atoms with Gasteiger partial charge in [-0.2, -0.15) is 0 Å². The summed E-state index contributed by atoms with van der Waals surface area (Å²) >= 11 is 0. The molecule has 4 nitrogen and oxygen atoms in total. The highest BCUT2D eigenvalue weighted by Crippen LogP contribution is 2.43. The third kappa shape index (κ3) is 2.41. The number of rotatable bonds is 0. The molecule has 2 aliphatic rings. The molecule has 2 fully saturated rings. The second-order valence-corrected chi connectivity index (χ2v) is 6.72. The lowest BCUT2D eigenvalue weighted by Crippen LogP contribution is -2.58. The third-order valence-electron chi connectivity index (χ3n) is 4.16. The van der Waals surface area contributed by atoms with Crippen molar-refractivity contribution in [2.24, 2.45) is 17.6 Å². The highest BCUT2D eigenvalue weighted by molar-refractivity contribution is 5.68.